The highest BCUT2D eigenvalue weighted by molar-refractivity contribution is 5.62. The quantitative estimate of drug-likeness (QED) is 0.692. The van der Waals surface area contributed by atoms with Crippen LogP contribution in [0.1, 0.15) is 13.3 Å². The van der Waals surface area contributed by atoms with E-state index in [9.17, 15) is 5.11 Å². The Balaban J connectivity index is 1.87. The van der Waals surface area contributed by atoms with Gasteiger partial charge in [0.05, 0.1) is 18.9 Å². The van der Waals surface area contributed by atoms with Crippen LogP contribution in [0.25, 0.3) is 0 Å². The van der Waals surface area contributed by atoms with Gasteiger partial charge in [-0.05, 0) is 18.6 Å². The molecule has 8 nitrogen and oxygen atoms in total. The second kappa shape index (κ2) is 7.78. The minimum Gasteiger partial charge on any atom is -0.506 e. The lowest BCUT2D eigenvalue weighted by molar-refractivity contribution is 0.122. The number of phenolic OH excluding ortho intramolecular Hbond substituents is 1. The molecule has 24 heavy (non-hydrogen) atoms. The molecule has 3 N–H and O–H groups in total. The zero-order valence-electron chi connectivity index (χ0n) is 13.7. The average molecular weight is 330 g/mol. The van der Waals surface area contributed by atoms with Crippen LogP contribution in [0, 0.1) is 0 Å². The van der Waals surface area contributed by atoms with E-state index in [1.54, 1.807) is 18.2 Å². The number of morpholine rings is 1. The van der Waals surface area contributed by atoms with Gasteiger partial charge < -0.3 is 25.4 Å². The summed E-state index contributed by atoms with van der Waals surface area (Å²) >= 11 is 0. The van der Waals surface area contributed by atoms with E-state index in [0.29, 0.717) is 36.7 Å². The molecule has 0 aliphatic carbocycles. The van der Waals surface area contributed by atoms with Crippen molar-refractivity contribution in [2.45, 2.75) is 13.3 Å². The molecule has 1 fully saturated rings. The molecular formula is C16H22N6O2. The van der Waals surface area contributed by atoms with E-state index in [1.165, 1.54) is 0 Å². The molecule has 0 atom stereocenters. The molecule has 0 bridgehead atoms. The SMILES string of the molecule is CCCNc1nc(Nc2ccccc2O)nc(N2CCOCC2)n1. The maximum absolute atomic E-state index is 9.92. The molecule has 0 saturated carbocycles. The fraction of sp³-hybridized carbons (Fsp3) is 0.438. The van der Waals surface area contributed by atoms with Crippen LogP contribution in [0.15, 0.2) is 24.3 Å². The third-order valence-electron chi connectivity index (χ3n) is 3.60. The van der Waals surface area contributed by atoms with E-state index in [-0.39, 0.29) is 5.75 Å². The second-order valence-corrected chi connectivity index (χ2v) is 5.45. The Morgan fingerprint density at radius 3 is 2.62 bits per heavy atom. The van der Waals surface area contributed by atoms with Crippen LogP contribution in [-0.4, -0.2) is 52.9 Å². The molecule has 1 aliphatic rings. The van der Waals surface area contributed by atoms with E-state index in [1.807, 2.05) is 6.07 Å². The van der Waals surface area contributed by atoms with Crippen LogP contribution in [-0.2, 0) is 4.74 Å². The number of rotatable bonds is 6. The highest BCUT2D eigenvalue weighted by atomic mass is 16.5. The van der Waals surface area contributed by atoms with Gasteiger partial charge in [-0.25, -0.2) is 0 Å². The standard InChI is InChI=1S/C16H22N6O2/c1-2-7-17-14-19-15(18-12-5-3-4-6-13(12)23)21-16(20-14)22-8-10-24-11-9-22/h3-6,23H,2,7-11H2,1H3,(H2,17,18,19,20,21). The molecular weight excluding hydrogens is 308 g/mol. The van der Waals surface area contributed by atoms with E-state index in [4.69, 9.17) is 4.74 Å². The molecule has 8 heteroatoms. The van der Waals surface area contributed by atoms with Gasteiger partial charge in [0.25, 0.3) is 0 Å². The normalized spacial score (nSPS) is 14.5. The van der Waals surface area contributed by atoms with Gasteiger partial charge in [0, 0.05) is 19.6 Å². The predicted octanol–water partition coefficient (Wildman–Crippen LogP) is 1.98. The molecule has 1 aliphatic heterocycles. The van der Waals surface area contributed by atoms with Crippen molar-refractivity contribution in [1.82, 2.24) is 15.0 Å². The highest BCUT2D eigenvalue weighted by Gasteiger charge is 2.17. The van der Waals surface area contributed by atoms with Crippen LogP contribution in [0.3, 0.4) is 0 Å². The largest absolute Gasteiger partial charge is 0.506 e. The van der Waals surface area contributed by atoms with Gasteiger partial charge in [-0.3, -0.25) is 0 Å². The fourth-order valence-corrected chi connectivity index (χ4v) is 2.34. The van der Waals surface area contributed by atoms with E-state index in [0.717, 1.165) is 26.1 Å². The lowest BCUT2D eigenvalue weighted by atomic mass is 10.3. The van der Waals surface area contributed by atoms with Crippen molar-refractivity contribution in [3.05, 3.63) is 24.3 Å². The molecule has 0 spiro atoms. The Kier molecular flexibility index (Phi) is 5.27. The number of hydrogen-bond acceptors (Lipinski definition) is 8. The molecule has 2 heterocycles. The molecule has 2 aromatic rings. The number of para-hydroxylation sites is 2. The monoisotopic (exact) mass is 330 g/mol. The number of nitrogens with one attached hydrogen (secondary N) is 2. The Labute approximate surface area is 140 Å². The number of nitrogens with zero attached hydrogens (tertiary/aromatic N) is 4. The third kappa shape index (κ3) is 4.02. The zero-order chi connectivity index (χ0) is 16.8. The lowest BCUT2D eigenvalue weighted by Gasteiger charge is -2.27. The first-order valence-corrected chi connectivity index (χ1v) is 8.14. The van der Waals surface area contributed by atoms with Gasteiger partial charge in [0.15, 0.2) is 0 Å². The van der Waals surface area contributed by atoms with Gasteiger partial charge in [0.1, 0.15) is 5.75 Å². The van der Waals surface area contributed by atoms with E-state index < -0.39 is 0 Å². The van der Waals surface area contributed by atoms with Crippen molar-refractivity contribution in [2.75, 3.05) is 48.4 Å². The molecule has 3 rings (SSSR count). The minimum absolute atomic E-state index is 0.147. The van der Waals surface area contributed by atoms with Crippen molar-refractivity contribution in [1.29, 1.82) is 0 Å². The summed E-state index contributed by atoms with van der Waals surface area (Å²) in [5.74, 6) is 1.66. The number of aromatic hydroxyl groups is 1. The first-order valence-electron chi connectivity index (χ1n) is 8.14. The summed E-state index contributed by atoms with van der Waals surface area (Å²) in [5.41, 5.74) is 0.554. The van der Waals surface area contributed by atoms with Crippen LogP contribution in [0.4, 0.5) is 23.5 Å². The van der Waals surface area contributed by atoms with Gasteiger partial charge in [0.2, 0.25) is 17.8 Å². The maximum atomic E-state index is 9.92. The Morgan fingerprint density at radius 2 is 1.88 bits per heavy atom. The number of benzene rings is 1. The van der Waals surface area contributed by atoms with Crippen molar-refractivity contribution >= 4 is 23.5 Å². The number of ether oxygens (including phenoxy) is 1. The van der Waals surface area contributed by atoms with Crippen LogP contribution in [0.2, 0.25) is 0 Å². The molecule has 0 unspecified atom stereocenters. The van der Waals surface area contributed by atoms with Gasteiger partial charge in [-0.1, -0.05) is 19.1 Å². The third-order valence-corrected chi connectivity index (χ3v) is 3.60. The molecule has 1 aromatic heterocycles. The van der Waals surface area contributed by atoms with E-state index >= 15 is 0 Å². The maximum Gasteiger partial charge on any atom is 0.233 e. The number of hydrogen-bond donors (Lipinski definition) is 3. The fourth-order valence-electron chi connectivity index (χ4n) is 2.34. The second-order valence-electron chi connectivity index (χ2n) is 5.45. The summed E-state index contributed by atoms with van der Waals surface area (Å²) in [7, 11) is 0. The molecule has 128 valence electrons. The summed E-state index contributed by atoms with van der Waals surface area (Å²) in [6.07, 6.45) is 0.973. The van der Waals surface area contributed by atoms with Gasteiger partial charge in [-0.2, -0.15) is 15.0 Å². The summed E-state index contributed by atoms with van der Waals surface area (Å²) in [4.78, 5) is 15.4. The van der Waals surface area contributed by atoms with Crippen molar-refractivity contribution in [3.8, 4) is 5.75 Å². The zero-order valence-corrected chi connectivity index (χ0v) is 13.7. The van der Waals surface area contributed by atoms with E-state index in [2.05, 4.69) is 37.4 Å². The summed E-state index contributed by atoms with van der Waals surface area (Å²) < 4.78 is 5.38. The van der Waals surface area contributed by atoms with Crippen molar-refractivity contribution in [2.24, 2.45) is 0 Å². The summed E-state index contributed by atoms with van der Waals surface area (Å²) in [6.45, 7) is 5.67. The van der Waals surface area contributed by atoms with Gasteiger partial charge >= 0.3 is 0 Å². The molecule has 1 aromatic carbocycles. The topological polar surface area (TPSA) is 95.4 Å². The number of anilines is 4. The van der Waals surface area contributed by atoms with Gasteiger partial charge in [-0.15, -0.1) is 0 Å². The first-order chi connectivity index (χ1) is 11.8. The Morgan fingerprint density at radius 1 is 1.12 bits per heavy atom. The van der Waals surface area contributed by atoms with Crippen molar-refractivity contribution < 1.29 is 9.84 Å². The molecule has 1 saturated heterocycles. The van der Waals surface area contributed by atoms with Crippen LogP contribution < -0.4 is 15.5 Å². The van der Waals surface area contributed by atoms with Crippen LogP contribution >= 0.6 is 0 Å². The smallest absolute Gasteiger partial charge is 0.233 e. The predicted molar refractivity (Wildman–Crippen MR) is 93.0 cm³/mol. The highest BCUT2D eigenvalue weighted by Crippen LogP contribution is 2.25. The average Bonchev–Trinajstić information content (AvgIpc) is 2.62. The van der Waals surface area contributed by atoms with Crippen molar-refractivity contribution in [3.63, 3.8) is 0 Å². The Hall–Kier alpha value is -2.61. The lowest BCUT2D eigenvalue weighted by Crippen LogP contribution is -2.37. The molecule has 0 amide bonds. The first kappa shape index (κ1) is 16.3. The number of phenols is 1. The summed E-state index contributed by atoms with van der Waals surface area (Å²) in [5, 5.41) is 16.2. The van der Waals surface area contributed by atoms with Crippen LogP contribution in [0.5, 0.6) is 5.75 Å². The Bertz CT molecular complexity index is 675. The number of aromatic nitrogens is 3. The summed E-state index contributed by atoms with van der Waals surface area (Å²) in [6, 6.07) is 6.99. The molecule has 0 radical (unpaired) electrons. The minimum atomic E-state index is 0.147.